The van der Waals surface area contributed by atoms with Crippen LogP contribution < -0.4 is 0 Å². The number of unbranched alkanes of at least 4 members (excludes halogenated alkanes) is 24. The minimum absolute atomic E-state index is 0.00751. The predicted octanol–water partition coefficient (Wildman–Crippen LogP) is 8.10. The average molecular weight is 627 g/mol. The fourth-order valence-corrected chi connectivity index (χ4v) is 5.97. The van der Waals surface area contributed by atoms with Gasteiger partial charge in [0.25, 0.3) is 0 Å². The van der Waals surface area contributed by atoms with Gasteiger partial charge in [-0.05, 0) is 12.8 Å². The number of hydrogen-bond donors (Lipinski definition) is 4. The lowest BCUT2D eigenvalue weighted by atomic mass is 9.81. The first kappa shape index (κ1) is 42.9. The van der Waals surface area contributed by atoms with Gasteiger partial charge in [-0.25, -0.2) is 0 Å². The number of aliphatic hydroxyl groups excluding tert-OH is 3. The smallest absolute Gasteiger partial charge is 0.212 e. The average Bonchev–Trinajstić information content (AvgIpc) is 3.03. The number of Topliss-reactive ketones (excluding diaryl/α,β-unsaturated/α-hetero) is 3. The zero-order chi connectivity index (χ0) is 32.9. The molecular formula is C37H70O7. The second kappa shape index (κ2) is 29.3. The number of aliphatic hydroxyl groups is 4. The van der Waals surface area contributed by atoms with E-state index in [1.54, 1.807) is 0 Å². The van der Waals surface area contributed by atoms with E-state index in [2.05, 4.69) is 13.8 Å². The molecule has 0 aromatic rings. The number of ketones is 3. The second-order valence-electron chi connectivity index (χ2n) is 13.1. The normalized spacial score (nSPS) is 14.3. The van der Waals surface area contributed by atoms with Gasteiger partial charge >= 0.3 is 0 Å². The Morgan fingerprint density at radius 1 is 0.477 bits per heavy atom. The molecule has 3 unspecified atom stereocenters. The Labute approximate surface area is 270 Å². The molecule has 0 aliphatic carbocycles. The SMILES string of the molecule is CCCCCCCCCCCCCCCC(=O)C(O)C(O)C(O)(C(=O)CO)C(=O)CCCCCCCCCCCCCCC. The molecule has 0 aliphatic rings. The summed E-state index contributed by atoms with van der Waals surface area (Å²) in [5, 5.41) is 41.3. The van der Waals surface area contributed by atoms with Gasteiger partial charge in [-0.15, -0.1) is 0 Å². The van der Waals surface area contributed by atoms with E-state index in [1.807, 2.05) is 0 Å². The number of carbonyl (C=O) groups is 3. The zero-order valence-electron chi connectivity index (χ0n) is 28.7. The van der Waals surface area contributed by atoms with Crippen LogP contribution in [0.2, 0.25) is 0 Å². The quantitative estimate of drug-likeness (QED) is 0.0419. The summed E-state index contributed by atoms with van der Waals surface area (Å²) in [6.45, 7) is 3.29. The second-order valence-corrected chi connectivity index (χ2v) is 13.1. The Bertz CT molecular complexity index is 710. The summed E-state index contributed by atoms with van der Waals surface area (Å²) in [7, 11) is 0. The van der Waals surface area contributed by atoms with Gasteiger partial charge in [0.05, 0.1) is 0 Å². The Hall–Kier alpha value is -1.15. The third-order valence-corrected chi connectivity index (χ3v) is 9.08. The van der Waals surface area contributed by atoms with Crippen LogP contribution in [0.5, 0.6) is 0 Å². The van der Waals surface area contributed by atoms with E-state index in [-0.39, 0.29) is 12.8 Å². The third kappa shape index (κ3) is 20.1. The molecule has 0 bridgehead atoms. The first-order chi connectivity index (χ1) is 21.3. The van der Waals surface area contributed by atoms with E-state index in [1.165, 1.54) is 109 Å². The summed E-state index contributed by atoms with van der Waals surface area (Å²) >= 11 is 0. The summed E-state index contributed by atoms with van der Waals surface area (Å²) in [5.74, 6) is -2.96. The fraction of sp³-hybridized carbons (Fsp3) is 0.919. The molecule has 0 amide bonds. The van der Waals surface area contributed by atoms with Crippen molar-refractivity contribution < 1.29 is 34.8 Å². The number of rotatable bonds is 34. The monoisotopic (exact) mass is 627 g/mol. The lowest BCUT2D eigenvalue weighted by Crippen LogP contribution is -2.62. The predicted molar refractivity (Wildman–Crippen MR) is 180 cm³/mol. The molecule has 0 heterocycles. The Balaban J connectivity index is 4.26. The highest BCUT2D eigenvalue weighted by molar-refractivity contribution is 6.11. The Kier molecular flexibility index (Phi) is 28.5. The minimum atomic E-state index is -2.99. The molecule has 0 saturated carbocycles. The molecule has 7 heteroatoms. The maximum atomic E-state index is 12.9. The molecule has 0 saturated heterocycles. The molecule has 0 aliphatic heterocycles. The van der Waals surface area contributed by atoms with E-state index in [0.717, 1.165) is 44.9 Å². The largest absolute Gasteiger partial charge is 0.388 e. The molecule has 4 N–H and O–H groups in total. The Morgan fingerprint density at radius 2 is 0.773 bits per heavy atom. The van der Waals surface area contributed by atoms with E-state index in [9.17, 15) is 34.8 Å². The van der Waals surface area contributed by atoms with E-state index >= 15 is 0 Å². The van der Waals surface area contributed by atoms with Gasteiger partial charge in [-0.1, -0.05) is 168 Å². The third-order valence-electron chi connectivity index (χ3n) is 9.08. The zero-order valence-corrected chi connectivity index (χ0v) is 28.7. The van der Waals surface area contributed by atoms with Crippen LogP contribution in [0.3, 0.4) is 0 Å². The topological polar surface area (TPSA) is 132 Å². The van der Waals surface area contributed by atoms with Gasteiger partial charge in [0.15, 0.2) is 17.3 Å². The maximum absolute atomic E-state index is 12.9. The van der Waals surface area contributed by atoms with Crippen molar-refractivity contribution in [2.75, 3.05) is 6.61 Å². The summed E-state index contributed by atoms with van der Waals surface area (Å²) in [6, 6.07) is 0. The van der Waals surface area contributed by atoms with Gasteiger partial charge < -0.3 is 20.4 Å². The van der Waals surface area contributed by atoms with Crippen molar-refractivity contribution >= 4 is 17.3 Å². The fourth-order valence-electron chi connectivity index (χ4n) is 5.97. The molecule has 0 radical (unpaired) electrons. The van der Waals surface area contributed by atoms with Crippen LogP contribution in [0.25, 0.3) is 0 Å². The molecule has 7 nitrogen and oxygen atoms in total. The standard InChI is InChI=1S/C37H70O7/c1-3-5-7-9-11-13-15-17-19-21-23-25-27-29-32(39)35(42)36(43)37(44,34(41)31-38)33(40)30-28-26-24-22-20-18-16-14-12-10-8-6-4-2/h35-36,38,42-44H,3-31H2,1-2H3. The van der Waals surface area contributed by atoms with Crippen molar-refractivity contribution in [2.45, 2.75) is 211 Å². The van der Waals surface area contributed by atoms with Crippen molar-refractivity contribution in [3.63, 3.8) is 0 Å². The van der Waals surface area contributed by atoms with Crippen LogP contribution in [0.4, 0.5) is 0 Å². The summed E-state index contributed by atoms with van der Waals surface area (Å²) in [6.07, 6.45) is 25.0. The number of carbonyl (C=O) groups excluding carboxylic acids is 3. The molecule has 44 heavy (non-hydrogen) atoms. The highest BCUT2D eigenvalue weighted by Gasteiger charge is 2.52. The van der Waals surface area contributed by atoms with Crippen LogP contribution in [0, 0.1) is 0 Å². The van der Waals surface area contributed by atoms with Crippen LogP contribution >= 0.6 is 0 Å². The lowest BCUT2D eigenvalue weighted by Gasteiger charge is -2.32. The molecule has 0 rings (SSSR count). The highest BCUT2D eigenvalue weighted by atomic mass is 16.4. The molecule has 0 spiro atoms. The van der Waals surface area contributed by atoms with Crippen molar-refractivity contribution in [3.05, 3.63) is 0 Å². The van der Waals surface area contributed by atoms with Crippen molar-refractivity contribution in [3.8, 4) is 0 Å². The molecular weight excluding hydrogens is 556 g/mol. The summed E-state index contributed by atoms with van der Waals surface area (Å²) in [4.78, 5) is 37.8. The molecule has 0 aromatic carbocycles. The first-order valence-corrected chi connectivity index (χ1v) is 18.6. The molecule has 0 fully saturated rings. The van der Waals surface area contributed by atoms with Crippen LogP contribution in [0.15, 0.2) is 0 Å². The number of hydrogen-bond acceptors (Lipinski definition) is 7. The van der Waals surface area contributed by atoms with E-state index in [0.29, 0.717) is 12.8 Å². The van der Waals surface area contributed by atoms with Crippen LogP contribution in [-0.4, -0.2) is 62.2 Å². The maximum Gasteiger partial charge on any atom is 0.212 e. The van der Waals surface area contributed by atoms with Crippen molar-refractivity contribution in [1.82, 2.24) is 0 Å². The van der Waals surface area contributed by atoms with Crippen LogP contribution in [-0.2, 0) is 14.4 Å². The van der Waals surface area contributed by atoms with Crippen LogP contribution in [0.1, 0.15) is 194 Å². The van der Waals surface area contributed by atoms with Gasteiger partial charge in [-0.3, -0.25) is 14.4 Å². The van der Waals surface area contributed by atoms with Crippen molar-refractivity contribution in [1.29, 1.82) is 0 Å². The van der Waals surface area contributed by atoms with E-state index < -0.39 is 41.8 Å². The van der Waals surface area contributed by atoms with Gasteiger partial charge in [0, 0.05) is 12.8 Å². The minimum Gasteiger partial charge on any atom is -0.388 e. The van der Waals surface area contributed by atoms with Gasteiger partial charge in [-0.2, -0.15) is 0 Å². The Morgan fingerprint density at radius 3 is 1.09 bits per heavy atom. The molecule has 260 valence electrons. The van der Waals surface area contributed by atoms with Gasteiger partial charge in [0.2, 0.25) is 5.60 Å². The molecule has 3 atom stereocenters. The summed E-state index contributed by atoms with van der Waals surface area (Å²) < 4.78 is 0. The van der Waals surface area contributed by atoms with Crippen molar-refractivity contribution in [2.24, 2.45) is 0 Å². The summed E-state index contributed by atoms with van der Waals surface area (Å²) in [5.41, 5.74) is -2.99. The van der Waals surface area contributed by atoms with Gasteiger partial charge in [0.1, 0.15) is 18.8 Å². The lowest BCUT2D eigenvalue weighted by molar-refractivity contribution is -0.176. The highest BCUT2D eigenvalue weighted by Crippen LogP contribution is 2.23. The van der Waals surface area contributed by atoms with E-state index in [4.69, 9.17) is 0 Å². The molecule has 0 aromatic heterocycles. The first-order valence-electron chi connectivity index (χ1n) is 18.6.